The summed E-state index contributed by atoms with van der Waals surface area (Å²) in [5.41, 5.74) is 2.55. The van der Waals surface area contributed by atoms with E-state index in [0.29, 0.717) is 6.04 Å². The molecule has 3 heteroatoms. The van der Waals surface area contributed by atoms with Crippen molar-refractivity contribution >= 4 is 5.97 Å². The van der Waals surface area contributed by atoms with Gasteiger partial charge in [0, 0.05) is 6.04 Å². The molecule has 0 heterocycles. The molecule has 1 aliphatic carbocycles. The molecule has 2 aromatic carbocycles. The van der Waals surface area contributed by atoms with Crippen molar-refractivity contribution < 1.29 is 9.53 Å². The van der Waals surface area contributed by atoms with Crippen LogP contribution < -0.4 is 5.32 Å². The lowest BCUT2D eigenvalue weighted by Crippen LogP contribution is -2.38. The quantitative estimate of drug-likeness (QED) is 0.842. The first kappa shape index (κ1) is 16.7. The SMILES string of the molecule is COC(=O)C1CCC(NC(c2ccccc2)c2ccccc2)CC1. The van der Waals surface area contributed by atoms with E-state index in [1.807, 2.05) is 12.1 Å². The van der Waals surface area contributed by atoms with Gasteiger partial charge in [-0.15, -0.1) is 0 Å². The van der Waals surface area contributed by atoms with Crippen LogP contribution in [-0.2, 0) is 9.53 Å². The van der Waals surface area contributed by atoms with E-state index in [2.05, 4.69) is 53.8 Å². The van der Waals surface area contributed by atoms with Crippen LogP contribution in [0.2, 0.25) is 0 Å². The van der Waals surface area contributed by atoms with Gasteiger partial charge >= 0.3 is 5.97 Å². The number of rotatable bonds is 5. The lowest BCUT2D eigenvalue weighted by molar-refractivity contribution is -0.146. The molecular weight excluding hydrogens is 298 g/mol. The molecule has 24 heavy (non-hydrogen) atoms. The number of benzene rings is 2. The number of carbonyl (C=O) groups excluding carboxylic acids is 1. The fourth-order valence-electron chi connectivity index (χ4n) is 3.57. The molecule has 0 spiro atoms. The average Bonchev–Trinajstić information content (AvgIpc) is 2.67. The van der Waals surface area contributed by atoms with E-state index in [4.69, 9.17) is 4.74 Å². The van der Waals surface area contributed by atoms with Gasteiger partial charge in [0.1, 0.15) is 0 Å². The van der Waals surface area contributed by atoms with E-state index in [-0.39, 0.29) is 17.9 Å². The number of methoxy groups -OCH3 is 1. The summed E-state index contributed by atoms with van der Waals surface area (Å²) in [6, 6.07) is 21.7. The fraction of sp³-hybridized carbons (Fsp3) is 0.381. The van der Waals surface area contributed by atoms with E-state index in [1.165, 1.54) is 18.2 Å². The number of hydrogen-bond acceptors (Lipinski definition) is 3. The van der Waals surface area contributed by atoms with E-state index < -0.39 is 0 Å². The van der Waals surface area contributed by atoms with Crippen LogP contribution in [0.5, 0.6) is 0 Å². The minimum absolute atomic E-state index is 0.0591. The summed E-state index contributed by atoms with van der Waals surface area (Å²) in [6.45, 7) is 0. The Morgan fingerprint density at radius 2 is 1.42 bits per heavy atom. The van der Waals surface area contributed by atoms with Crippen LogP contribution in [0.4, 0.5) is 0 Å². The predicted molar refractivity (Wildman–Crippen MR) is 95.6 cm³/mol. The summed E-state index contributed by atoms with van der Waals surface area (Å²) >= 11 is 0. The molecule has 1 N–H and O–H groups in total. The highest BCUT2D eigenvalue weighted by Crippen LogP contribution is 2.29. The van der Waals surface area contributed by atoms with Gasteiger partial charge in [-0.3, -0.25) is 4.79 Å². The number of esters is 1. The van der Waals surface area contributed by atoms with Crippen molar-refractivity contribution in [3.05, 3.63) is 71.8 Å². The zero-order valence-electron chi connectivity index (χ0n) is 14.2. The van der Waals surface area contributed by atoms with Crippen molar-refractivity contribution in [3.8, 4) is 0 Å². The first-order valence-electron chi connectivity index (χ1n) is 8.71. The van der Waals surface area contributed by atoms with E-state index in [1.54, 1.807) is 0 Å². The molecule has 0 amide bonds. The molecule has 0 atom stereocenters. The molecule has 0 unspecified atom stereocenters. The zero-order chi connectivity index (χ0) is 16.8. The predicted octanol–water partition coefficient (Wildman–Crippen LogP) is 4.10. The molecule has 3 rings (SSSR count). The number of carbonyl (C=O) groups is 1. The third kappa shape index (κ3) is 4.04. The molecule has 126 valence electrons. The molecule has 1 fully saturated rings. The lowest BCUT2D eigenvalue weighted by Gasteiger charge is -2.31. The standard InChI is InChI=1S/C21H25NO2/c1-24-21(23)18-12-14-19(15-13-18)22-20(16-8-4-2-5-9-16)17-10-6-3-7-11-17/h2-11,18-20,22H,12-15H2,1H3. The Bertz CT molecular complexity index is 594. The minimum Gasteiger partial charge on any atom is -0.469 e. The maximum absolute atomic E-state index is 11.7. The summed E-state index contributed by atoms with van der Waals surface area (Å²) in [7, 11) is 1.48. The zero-order valence-corrected chi connectivity index (χ0v) is 14.2. The monoisotopic (exact) mass is 323 g/mol. The first-order chi connectivity index (χ1) is 11.8. The Morgan fingerprint density at radius 1 is 0.917 bits per heavy atom. The van der Waals surface area contributed by atoms with Crippen molar-refractivity contribution in [2.24, 2.45) is 5.92 Å². The van der Waals surface area contributed by atoms with Gasteiger partial charge in [-0.25, -0.2) is 0 Å². The van der Waals surface area contributed by atoms with Crippen LogP contribution in [0.25, 0.3) is 0 Å². The van der Waals surface area contributed by atoms with Gasteiger partial charge in [0.2, 0.25) is 0 Å². The Kier molecular flexibility index (Phi) is 5.65. The molecule has 0 aromatic heterocycles. The van der Waals surface area contributed by atoms with Gasteiger partial charge < -0.3 is 10.1 Å². The average molecular weight is 323 g/mol. The summed E-state index contributed by atoms with van der Waals surface area (Å²) in [5.74, 6) is 0.0102. The normalized spacial score (nSPS) is 20.8. The Morgan fingerprint density at radius 3 is 1.88 bits per heavy atom. The van der Waals surface area contributed by atoms with Crippen molar-refractivity contribution in [1.82, 2.24) is 5.32 Å². The van der Waals surface area contributed by atoms with Crippen molar-refractivity contribution in [2.75, 3.05) is 7.11 Å². The van der Waals surface area contributed by atoms with Crippen molar-refractivity contribution in [3.63, 3.8) is 0 Å². The van der Waals surface area contributed by atoms with E-state index in [9.17, 15) is 4.79 Å². The van der Waals surface area contributed by atoms with Crippen molar-refractivity contribution in [2.45, 2.75) is 37.8 Å². The first-order valence-corrected chi connectivity index (χ1v) is 8.71. The molecule has 1 aliphatic rings. The smallest absolute Gasteiger partial charge is 0.308 e. The maximum atomic E-state index is 11.7. The van der Waals surface area contributed by atoms with Crippen LogP contribution in [0.1, 0.15) is 42.9 Å². The topological polar surface area (TPSA) is 38.3 Å². The number of ether oxygens (including phenoxy) is 1. The molecule has 3 nitrogen and oxygen atoms in total. The third-order valence-corrected chi connectivity index (χ3v) is 4.93. The van der Waals surface area contributed by atoms with Gasteiger partial charge in [-0.05, 0) is 36.8 Å². The number of nitrogens with one attached hydrogen (secondary N) is 1. The van der Waals surface area contributed by atoms with Gasteiger partial charge in [0.15, 0.2) is 0 Å². The van der Waals surface area contributed by atoms with Gasteiger partial charge in [0.05, 0.1) is 19.1 Å². The molecule has 0 aliphatic heterocycles. The highest BCUT2D eigenvalue weighted by atomic mass is 16.5. The molecular formula is C21H25NO2. The molecule has 1 saturated carbocycles. The van der Waals surface area contributed by atoms with Gasteiger partial charge in [0.25, 0.3) is 0 Å². The fourth-order valence-corrected chi connectivity index (χ4v) is 3.57. The molecule has 2 aromatic rings. The number of hydrogen-bond donors (Lipinski definition) is 1. The van der Waals surface area contributed by atoms with Gasteiger partial charge in [-0.1, -0.05) is 60.7 Å². The molecule has 0 radical (unpaired) electrons. The van der Waals surface area contributed by atoms with Gasteiger partial charge in [-0.2, -0.15) is 0 Å². The Balaban J connectivity index is 1.71. The van der Waals surface area contributed by atoms with Crippen LogP contribution in [0, 0.1) is 5.92 Å². The summed E-state index contributed by atoms with van der Waals surface area (Å²) in [5, 5.41) is 3.81. The maximum Gasteiger partial charge on any atom is 0.308 e. The summed E-state index contributed by atoms with van der Waals surface area (Å²) in [6.07, 6.45) is 3.83. The molecule has 0 saturated heterocycles. The van der Waals surface area contributed by atoms with Crippen LogP contribution in [-0.4, -0.2) is 19.1 Å². The van der Waals surface area contributed by atoms with Crippen molar-refractivity contribution in [1.29, 1.82) is 0 Å². The van der Waals surface area contributed by atoms with E-state index in [0.717, 1.165) is 25.7 Å². The third-order valence-electron chi connectivity index (χ3n) is 4.93. The van der Waals surface area contributed by atoms with Crippen LogP contribution >= 0.6 is 0 Å². The second-order valence-corrected chi connectivity index (χ2v) is 6.49. The highest BCUT2D eigenvalue weighted by Gasteiger charge is 2.28. The highest BCUT2D eigenvalue weighted by molar-refractivity contribution is 5.72. The molecule has 0 bridgehead atoms. The second kappa shape index (κ2) is 8.11. The van der Waals surface area contributed by atoms with Crippen LogP contribution in [0.15, 0.2) is 60.7 Å². The Hall–Kier alpha value is -2.13. The van der Waals surface area contributed by atoms with Crippen LogP contribution in [0.3, 0.4) is 0 Å². The summed E-state index contributed by atoms with van der Waals surface area (Å²) < 4.78 is 4.89. The largest absolute Gasteiger partial charge is 0.469 e. The lowest BCUT2D eigenvalue weighted by atomic mass is 9.85. The second-order valence-electron chi connectivity index (χ2n) is 6.49. The summed E-state index contributed by atoms with van der Waals surface area (Å²) in [4.78, 5) is 11.7. The minimum atomic E-state index is -0.0591. The Labute approximate surface area is 144 Å². The van der Waals surface area contributed by atoms with E-state index >= 15 is 0 Å².